The van der Waals surface area contributed by atoms with E-state index in [0.29, 0.717) is 5.71 Å². The van der Waals surface area contributed by atoms with Crippen molar-refractivity contribution in [3.8, 4) is 0 Å². The number of hydrogen-bond acceptors (Lipinski definition) is 4. The van der Waals surface area contributed by atoms with Crippen molar-refractivity contribution in [1.82, 2.24) is 10.9 Å². The number of hydrazone groups is 2. The fourth-order valence-electron chi connectivity index (χ4n) is 2.00. The van der Waals surface area contributed by atoms with Crippen LogP contribution in [0.25, 0.3) is 0 Å². The van der Waals surface area contributed by atoms with E-state index in [2.05, 4.69) is 21.1 Å². The van der Waals surface area contributed by atoms with Crippen molar-refractivity contribution < 1.29 is 22.8 Å². The normalized spacial score (nSPS) is 18.0. The van der Waals surface area contributed by atoms with E-state index in [9.17, 15) is 22.8 Å². The fraction of sp³-hybridized carbons (Fsp3) is 0.286. The highest BCUT2D eigenvalue weighted by molar-refractivity contribution is 6.09. The maximum Gasteiger partial charge on any atom is 0.417 e. The highest BCUT2D eigenvalue weighted by atomic mass is 19.4. The first-order valence-electron chi connectivity index (χ1n) is 6.61. The molecule has 0 radical (unpaired) electrons. The number of halogens is 3. The van der Waals surface area contributed by atoms with E-state index in [1.54, 1.807) is 6.92 Å². The molecule has 122 valence electrons. The summed E-state index contributed by atoms with van der Waals surface area (Å²) in [6.45, 7) is 1.60. The number of nitrogens with zero attached hydrogens (tertiary/aromatic N) is 2. The number of carbonyl (C=O) groups is 2. The Labute approximate surface area is 129 Å². The molecule has 0 fully saturated rings. The zero-order valence-electron chi connectivity index (χ0n) is 12.0. The molecule has 2 amide bonds. The molecular weight excluding hydrogens is 313 g/mol. The van der Waals surface area contributed by atoms with Crippen molar-refractivity contribution in [2.75, 3.05) is 0 Å². The second-order valence-corrected chi connectivity index (χ2v) is 4.86. The molecule has 2 rings (SSSR count). The zero-order chi connectivity index (χ0) is 17.0. The Hall–Kier alpha value is -2.71. The second-order valence-electron chi connectivity index (χ2n) is 4.86. The molecule has 2 N–H and O–H groups in total. The lowest BCUT2D eigenvalue weighted by Crippen LogP contribution is -2.29. The van der Waals surface area contributed by atoms with Gasteiger partial charge in [-0.3, -0.25) is 9.59 Å². The molecule has 0 saturated carbocycles. The van der Waals surface area contributed by atoms with E-state index in [0.717, 1.165) is 12.3 Å². The molecule has 1 atom stereocenters. The standard InChI is InChI=1S/C14H13F3N4O2/c1-8-10(13(23)21-19-8)6-12(22)20-18-7-9-4-2-3-5-11(9)14(15,16)17/h2-5,7,10H,6H2,1H3,(H,20,22)(H,21,23)/b18-7-/t10-/m0/s1. The number of nitrogens with one attached hydrogen (secondary N) is 2. The first kappa shape index (κ1) is 16.7. The van der Waals surface area contributed by atoms with Crippen LogP contribution in [0.4, 0.5) is 13.2 Å². The van der Waals surface area contributed by atoms with Crippen LogP contribution in [-0.4, -0.2) is 23.7 Å². The van der Waals surface area contributed by atoms with Gasteiger partial charge in [0.25, 0.3) is 0 Å². The van der Waals surface area contributed by atoms with Gasteiger partial charge in [0.1, 0.15) is 0 Å². The molecular formula is C14H13F3N4O2. The quantitative estimate of drug-likeness (QED) is 0.652. The summed E-state index contributed by atoms with van der Waals surface area (Å²) in [6, 6.07) is 4.85. The van der Waals surface area contributed by atoms with Crippen molar-refractivity contribution in [1.29, 1.82) is 0 Å². The van der Waals surface area contributed by atoms with Gasteiger partial charge < -0.3 is 0 Å². The van der Waals surface area contributed by atoms with Crippen LogP contribution in [0.3, 0.4) is 0 Å². The first-order valence-corrected chi connectivity index (χ1v) is 6.61. The predicted octanol–water partition coefficient (Wildman–Crippen LogP) is 1.67. The average molecular weight is 326 g/mol. The highest BCUT2D eigenvalue weighted by Crippen LogP contribution is 2.31. The number of hydrogen-bond donors (Lipinski definition) is 2. The van der Waals surface area contributed by atoms with Crippen molar-refractivity contribution in [3.05, 3.63) is 35.4 Å². The Bertz CT molecular complexity index is 683. The van der Waals surface area contributed by atoms with Gasteiger partial charge in [0.15, 0.2) is 0 Å². The van der Waals surface area contributed by atoms with Crippen molar-refractivity contribution >= 4 is 23.7 Å². The van der Waals surface area contributed by atoms with Gasteiger partial charge in [0, 0.05) is 17.7 Å². The molecule has 0 spiro atoms. The number of amides is 2. The fourth-order valence-corrected chi connectivity index (χ4v) is 2.00. The lowest BCUT2D eigenvalue weighted by atomic mass is 10.0. The third kappa shape index (κ3) is 4.15. The smallest absolute Gasteiger partial charge is 0.273 e. The predicted molar refractivity (Wildman–Crippen MR) is 76.5 cm³/mol. The van der Waals surface area contributed by atoms with Crippen LogP contribution in [0, 0.1) is 5.92 Å². The molecule has 6 nitrogen and oxygen atoms in total. The van der Waals surface area contributed by atoms with Crippen LogP contribution >= 0.6 is 0 Å². The van der Waals surface area contributed by atoms with Crippen LogP contribution in [0.2, 0.25) is 0 Å². The Balaban J connectivity index is 1.99. The molecule has 1 aromatic carbocycles. The summed E-state index contributed by atoms with van der Waals surface area (Å²) in [5, 5.41) is 7.20. The van der Waals surface area contributed by atoms with Gasteiger partial charge in [0.05, 0.1) is 17.7 Å². The molecule has 0 unspecified atom stereocenters. The van der Waals surface area contributed by atoms with Gasteiger partial charge in [-0.05, 0) is 13.0 Å². The third-order valence-electron chi connectivity index (χ3n) is 3.21. The summed E-state index contributed by atoms with van der Waals surface area (Å²) in [5.74, 6) is -1.68. The molecule has 0 aliphatic carbocycles. The van der Waals surface area contributed by atoms with Crippen molar-refractivity contribution in [3.63, 3.8) is 0 Å². The summed E-state index contributed by atoms with van der Waals surface area (Å²) < 4.78 is 38.4. The Morgan fingerprint density at radius 1 is 1.43 bits per heavy atom. The molecule has 23 heavy (non-hydrogen) atoms. The van der Waals surface area contributed by atoms with E-state index < -0.39 is 29.5 Å². The largest absolute Gasteiger partial charge is 0.417 e. The van der Waals surface area contributed by atoms with Crippen molar-refractivity contribution in [2.45, 2.75) is 19.5 Å². The average Bonchev–Trinajstić information content (AvgIpc) is 2.78. The van der Waals surface area contributed by atoms with Gasteiger partial charge in [-0.15, -0.1) is 0 Å². The van der Waals surface area contributed by atoms with E-state index >= 15 is 0 Å². The SMILES string of the molecule is CC1=NNC(=O)[C@H]1CC(=O)N/N=C\c1ccccc1C(F)(F)F. The van der Waals surface area contributed by atoms with Gasteiger partial charge >= 0.3 is 6.18 Å². The van der Waals surface area contributed by atoms with Crippen LogP contribution in [-0.2, 0) is 15.8 Å². The molecule has 0 saturated heterocycles. The summed E-state index contributed by atoms with van der Waals surface area (Å²) in [4.78, 5) is 23.1. The topological polar surface area (TPSA) is 82.9 Å². The first-order chi connectivity index (χ1) is 10.8. The van der Waals surface area contributed by atoms with Crippen molar-refractivity contribution in [2.24, 2.45) is 16.1 Å². The van der Waals surface area contributed by atoms with E-state index in [4.69, 9.17) is 0 Å². The van der Waals surface area contributed by atoms with Crippen LogP contribution in [0.5, 0.6) is 0 Å². The molecule has 1 aliphatic rings. The number of benzene rings is 1. The Morgan fingerprint density at radius 3 is 2.74 bits per heavy atom. The monoisotopic (exact) mass is 326 g/mol. The lowest BCUT2D eigenvalue weighted by Gasteiger charge is -2.09. The minimum Gasteiger partial charge on any atom is -0.273 e. The van der Waals surface area contributed by atoms with Gasteiger partial charge in [-0.1, -0.05) is 18.2 Å². The molecule has 1 aliphatic heterocycles. The summed E-state index contributed by atoms with van der Waals surface area (Å²) in [6.07, 6.45) is -3.78. The third-order valence-corrected chi connectivity index (χ3v) is 3.21. The Morgan fingerprint density at radius 2 is 2.13 bits per heavy atom. The lowest BCUT2D eigenvalue weighted by molar-refractivity contribution is -0.137. The van der Waals surface area contributed by atoms with Crippen LogP contribution in [0.1, 0.15) is 24.5 Å². The van der Waals surface area contributed by atoms with Crippen LogP contribution < -0.4 is 10.9 Å². The van der Waals surface area contributed by atoms with E-state index in [-0.39, 0.29) is 12.0 Å². The van der Waals surface area contributed by atoms with Gasteiger partial charge in [-0.25, -0.2) is 10.9 Å². The van der Waals surface area contributed by atoms with Gasteiger partial charge in [0.2, 0.25) is 11.8 Å². The second kappa shape index (κ2) is 6.59. The highest BCUT2D eigenvalue weighted by Gasteiger charge is 2.32. The van der Waals surface area contributed by atoms with Gasteiger partial charge in [-0.2, -0.15) is 23.4 Å². The maximum atomic E-state index is 12.8. The van der Waals surface area contributed by atoms with E-state index in [1.165, 1.54) is 18.2 Å². The zero-order valence-corrected chi connectivity index (χ0v) is 12.0. The minimum atomic E-state index is -4.51. The number of rotatable bonds is 4. The molecule has 9 heteroatoms. The number of carbonyl (C=O) groups excluding carboxylic acids is 2. The minimum absolute atomic E-state index is 0.170. The van der Waals surface area contributed by atoms with E-state index in [1.807, 2.05) is 0 Å². The molecule has 0 bridgehead atoms. The summed E-state index contributed by atoms with van der Waals surface area (Å²) in [7, 11) is 0. The van der Waals surface area contributed by atoms with Crippen LogP contribution in [0.15, 0.2) is 34.5 Å². The molecule has 1 heterocycles. The maximum absolute atomic E-state index is 12.8. The Kier molecular flexibility index (Phi) is 4.77. The summed E-state index contributed by atoms with van der Waals surface area (Å²) >= 11 is 0. The molecule has 0 aromatic heterocycles. The number of alkyl halides is 3. The summed E-state index contributed by atoms with van der Waals surface area (Å²) in [5.41, 5.74) is 3.79. The molecule has 1 aromatic rings.